The lowest BCUT2D eigenvalue weighted by atomic mass is 10.1. The van der Waals surface area contributed by atoms with Gasteiger partial charge in [0, 0.05) is 18.7 Å². The lowest BCUT2D eigenvalue weighted by Gasteiger charge is -2.21. The van der Waals surface area contributed by atoms with Crippen LogP contribution in [0.1, 0.15) is 43.1 Å². The molecular weight excluding hydrogens is 433 g/mol. The number of alkyl halides is 3. The summed E-state index contributed by atoms with van der Waals surface area (Å²) in [5.41, 5.74) is -1.11. The highest BCUT2D eigenvalue weighted by atomic mass is 32.2. The van der Waals surface area contributed by atoms with Crippen LogP contribution in [-0.4, -0.2) is 38.3 Å². The molecule has 0 saturated heterocycles. The second-order valence-corrected chi connectivity index (χ2v) is 9.15. The van der Waals surface area contributed by atoms with Crippen LogP contribution in [0.25, 0.3) is 0 Å². The van der Waals surface area contributed by atoms with Gasteiger partial charge in [0.2, 0.25) is 10.0 Å². The van der Waals surface area contributed by atoms with Gasteiger partial charge in [-0.15, -0.1) is 0 Å². The quantitative estimate of drug-likeness (QED) is 0.618. The van der Waals surface area contributed by atoms with Crippen molar-refractivity contribution in [2.24, 2.45) is 0 Å². The number of amides is 1. The highest BCUT2D eigenvalue weighted by molar-refractivity contribution is 7.89. The lowest BCUT2D eigenvalue weighted by Crippen LogP contribution is -2.33. The van der Waals surface area contributed by atoms with Crippen LogP contribution in [0.4, 0.5) is 18.9 Å². The van der Waals surface area contributed by atoms with Crippen molar-refractivity contribution < 1.29 is 31.1 Å². The van der Waals surface area contributed by atoms with E-state index in [0.29, 0.717) is 6.42 Å². The summed E-state index contributed by atoms with van der Waals surface area (Å²) in [5.74, 6) is -0.670. The number of hydrogen-bond donors (Lipinski definition) is 1. The van der Waals surface area contributed by atoms with Gasteiger partial charge in [0.15, 0.2) is 0 Å². The Morgan fingerprint density at radius 3 is 2.42 bits per heavy atom. The van der Waals surface area contributed by atoms with Crippen molar-refractivity contribution in [1.82, 2.24) is 4.31 Å². The summed E-state index contributed by atoms with van der Waals surface area (Å²) in [5, 5.41) is 2.41. The SMILES string of the molecule is CCCOc1ccc(C(F)(F)F)cc1NC(=O)c1cccc(S(=O)(=O)N(C)C(C)C)c1. The summed E-state index contributed by atoms with van der Waals surface area (Å²) < 4.78 is 71.3. The molecule has 6 nitrogen and oxygen atoms in total. The maximum atomic E-state index is 13.1. The van der Waals surface area contributed by atoms with E-state index >= 15 is 0 Å². The monoisotopic (exact) mass is 458 g/mol. The Hall–Kier alpha value is -2.59. The van der Waals surface area contributed by atoms with Crippen LogP contribution in [0.15, 0.2) is 47.4 Å². The molecule has 0 heterocycles. The van der Waals surface area contributed by atoms with E-state index in [2.05, 4.69) is 5.32 Å². The molecule has 10 heteroatoms. The minimum absolute atomic E-state index is 0.0166. The van der Waals surface area contributed by atoms with Crippen molar-refractivity contribution in [2.75, 3.05) is 19.0 Å². The summed E-state index contributed by atoms with van der Waals surface area (Å²) in [6.07, 6.45) is -3.98. The zero-order valence-electron chi connectivity index (χ0n) is 17.7. The summed E-state index contributed by atoms with van der Waals surface area (Å²) in [6, 6.07) is 7.82. The van der Waals surface area contributed by atoms with Crippen LogP contribution in [0.3, 0.4) is 0 Å². The first-order chi connectivity index (χ1) is 14.4. The average Bonchev–Trinajstić information content (AvgIpc) is 2.71. The van der Waals surface area contributed by atoms with Gasteiger partial charge in [0.25, 0.3) is 5.91 Å². The molecule has 0 bridgehead atoms. The molecule has 170 valence electrons. The van der Waals surface area contributed by atoms with Crippen molar-refractivity contribution >= 4 is 21.6 Å². The Morgan fingerprint density at radius 1 is 1.16 bits per heavy atom. The van der Waals surface area contributed by atoms with Crippen LogP contribution in [0, 0.1) is 0 Å². The Labute approximate surface area is 180 Å². The molecule has 0 aromatic heterocycles. The number of anilines is 1. The number of carbonyl (C=O) groups is 1. The summed E-state index contributed by atoms with van der Waals surface area (Å²) in [7, 11) is -2.41. The predicted molar refractivity (Wildman–Crippen MR) is 112 cm³/mol. The number of sulfonamides is 1. The molecule has 1 N–H and O–H groups in total. The van der Waals surface area contributed by atoms with Crippen molar-refractivity contribution in [1.29, 1.82) is 0 Å². The van der Waals surface area contributed by atoms with Gasteiger partial charge in [-0.1, -0.05) is 13.0 Å². The van der Waals surface area contributed by atoms with Gasteiger partial charge in [0.05, 0.1) is 22.8 Å². The minimum atomic E-state index is -4.60. The van der Waals surface area contributed by atoms with Gasteiger partial charge < -0.3 is 10.1 Å². The molecule has 0 aliphatic carbocycles. The van der Waals surface area contributed by atoms with Gasteiger partial charge in [-0.2, -0.15) is 17.5 Å². The van der Waals surface area contributed by atoms with Crippen LogP contribution >= 0.6 is 0 Å². The molecule has 0 radical (unpaired) electrons. The minimum Gasteiger partial charge on any atom is -0.491 e. The maximum Gasteiger partial charge on any atom is 0.416 e. The van der Waals surface area contributed by atoms with Crippen LogP contribution < -0.4 is 10.1 Å². The zero-order valence-corrected chi connectivity index (χ0v) is 18.5. The third kappa shape index (κ3) is 5.98. The highest BCUT2D eigenvalue weighted by Crippen LogP contribution is 2.35. The highest BCUT2D eigenvalue weighted by Gasteiger charge is 2.31. The Morgan fingerprint density at radius 2 is 1.84 bits per heavy atom. The number of rotatable bonds is 8. The van der Waals surface area contributed by atoms with Gasteiger partial charge >= 0.3 is 6.18 Å². The summed E-state index contributed by atoms with van der Waals surface area (Å²) >= 11 is 0. The molecule has 2 rings (SSSR count). The number of nitrogens with zero attached hydrogens (tertiary/aromatic N) is 1. The fraction of sp³-hybridized carbons (Fsp3) is 0.381. The van der Waals surface area contributed by atoms with E-state index in [-0.39, 0.29) is 34.5 Å². The number of ether oxygens (including phenoxy) is 1. The lowest BCUT2D eigenvalue weighted by molar-refractivity contribution is -0.137. The molecule has 0 unspecified atom stereocenters. The van der Waals surface area contributed by atoms with E-state index in [9.17, 15) is 26.4 Å². The van der Waals surface area contributed by atoms with Crippen LogP contribution in [0.5, 0.6) is 5.75 Å². The van der Waals surface area contributed by atoms with Gasteiger partial charge in [-0.25, -0.2) is 8.42 Å². The molecular formula is C21H25F3N2O4S. The van der Waals surface area contributed by atoms with E-state index in [1.165, 1.54) is 31.3 Å². The van der Waals surface area contributed by atoms with E-state index in [4.69, 9.17) is 4.74 Å². The first-order valence-corrected chi connectivity index (χ1v) is 11.1. The summed E-state index contributed by atoms with van der Waals surface area (Å²) in [4.78, 5) is 12.6. The first-order valence-electron chi connectivity index (χ1n) is 9.61. The van der Waals surface area contributed by atoms with Gasteiger partial charge in [-0.3, -0.25) is 4.79 Å². The first kappa shape index (κ1) is 24.7. The van der Waals surface area contributed by atoms with Crippen molar-refractivity contribution in [3.8, 4) is 5.75 Å². The molecule has 31 heavy (non-hydrogen) atoms. The van der Waals surface area contributed by atoms with Crippen LogP contribution in [-0.2, 0) is 16.2 Å². The third-order valence-corrected chi connectivity index (χ3v) is 6.55. The van der Waals surface area contributed by atoms with Gasteiger partial charge in [-0.05, 0) is 56.7 Å². The zero-order chi connectivity index (χ0) is 23.4. The van der Waals surface area contributed by atoms with E-state index in [0.717, 1.165) is 22.5 Å². The van der Waals surface area contributed by atoms with Crippen LogP contribution in [0.2, 0.25) is 0 Å². The number of hydrogen-bond acceptors (Lipinski definition) is 4. The molecule has 0 fully saturated rings. The molecule has 2 aromatic rings. The predicted octanol–water partition coefficient (Wildman–Crippen LogP) is 4.78. The summed E-state index contributed by atoms with van der Waals surface area (Å²) in [6.45, 7) is 5.51. The average molecular weight is 459 g/mol. The number of carbonyl (C=O) groups excluding carboxylic acids is 1. The van der Waals surface area contributed by atoms with E-state index < -0.39 is 27.7 Å². The normalized spacial score (nSPS) is 12.3. The Bertz CT molecular complexity index is 1040. The molecule has 1 amide bonds. The largest absolute Gasteiger partial charge is 0.491 e. The molecule has 0 aliphatic heterocycles. The number of nitrogens with one attached hydrogen (secondary N) is 1. The molecule has 0 saturated carbocycles. The molecule has 0 spiro atoms. The fourth-order valence-corrected chi connectivity index (χ4v) is 3.99. The second kappa shape index (κ2) is 9.69. The van der Waals surface area contributed by atoms with Crippen molar-refractivity contribution in [2.45, 2.75) is 44.3 Å². The standard InChI is InChI=1S/C21H25F3N2O4S/c1-5-11-30-19-10-9-16(21(22,23)24)13-18(19)25-20(27)15-7-6-8-17(12-15)31(28,29)26(4)14(2)3/h6-10,12-14H,5,11H2,1-4H3,(H,25,27). The Kier molecular flexibility index (Phi) is 7.72. The van der Waals surface area contributed by atoms with Crippen molar-refractivity contribution in [3.63, 3.8) is 0 Å². The third-order valence-electron chi connectivity index (χ3n) is 4.52. The van der Waals surface area contributed by atoms with Crippen molar-refractivity contribution in [3.05, 3.63) is 53.6 Å². The topological polar surface area (TPSA) is 75.7 Å². The number of benzene rings is 2. The molecule has 0 atom stereocenters. The van der Waals surface area contributed by atoms with E-state index in [1.807, 2.05) is 6.92 Å². The smallest absolute Gasteiger partial charge is 0.416 e. The fourth-order valence-electron chi connectivity index (χ4n) is 2.58. The van der Waals surface area contributed by atoms with E-state index in [1.54, 1.807) is 13.8 Å². The van der Waals surface area contributed by atoms with Gasteiger partial charge in [0.1, 0.15) is 5.75 Å². The number of halogens is 3. The Balaban J connectivity index is 2.39. The molecule has 2 aromatic carbocycles. The second-order valence-electron chi connectivity index (χ2n) is 7.15. The maximum absolute atomic E-state index is 13.1. The molecule has 0 aliphatic rings.